The van der Waals surface area contributed by atoms with E-state index < -0.39 is 0 Å². The van der Waals surface area contributed by atoms with E-state index in [-0.39, 0.29) is 0 Å². The summed E-state index contributed by atoms with van der Waals surface area (Å²) in [6, 6.07) is 59.1. The number of para-hydroxylation sites is 1. The predicted octanol–water partition coefficient (Wildman–Crippen LogP) is 13.7. The monoisotopic (exact) mass is 671 g/mol. The summed E-state index contributed by atoms with van der Waals surface area (Å²) in [6.45, 7) is 0. The van der Waals surface area contributed by atoms with E-state index in [0.29, 0.717) is 11.2 Å². The van der Waals surface area contributed by atoms with Crippen molar-refractivity contribution in [1.29, 1.82) is 0 Å². The minimum atomic E-state index is 0.451. The summed E-state index contributed by atoms with van der Waals surface area (Å²) in [6.07, 6.45) is 9.04. The third kappa shape index (κ3) is 5.38. The highest BCUT2D eigenvalue weighted by Gasteiger charge is 2.31. The number of nitrogens with zero attached hydrogens (tertiary/aromatic N) is 1. The molecule has 0 saturated heterocycles. The van der Waals surface area contributed by atoms with Crippen LogP contribution in [0.5, 0.6) is 0 Å². The molecule has 242 valence electrons. The van der Waals surface area contributed by atoms with Crippen LogP contribution >= 0.6 is 11.8 Å². The van der Waals surface area contributed by atoms with E-state index in [1.165, 1.54) is 43.8 Å². The zero-order chi connectivity index (χ0) is 33.7. The van der Waals surface area contributed by atoms with Crippen molar-refractivity contribution in [2.45, 2.75) is 16.1 Å². The maximum atomic E-state index is 6.09. The van der Waals surface area contributed by atoms with Crippen molar-refractivity contribution in [1.82, 2.24) is 0 Å². The number of rotatable bonds is 6. The van der Waals surface area contributed by atoms with Crippen LogP contribution in [0, 0.1) is 0 Å². The molecule has 1 aliphatic carbocycles. The zero-order valence-electron chi connectivity index (χ0n) is 27.8. The molecule has 2 unspecified atom stereocenters. The number of anilines is 3. The van der Waals surface area contributed by atoms with Gasteiger partial charge in [0.2, 0.25) is 0 Å². The molecule has 7 aromatic carbocycles. The largest absolute Gasteiger partial charge is 0.456 e. The lowest BCUT2D eigenvalue weighted by Crippen LogP contribution is -2.09. The van der Waals surface area contributed by atoms with E-state index in [9.17, 15) is 0 Å². The molecule has 2 atom stereocenters. The van der Waals surface area contributed by atoms with Gasteiger partial charge >= 0.3 is 0 Å². The minimum Gasteiger partial charge on any atom is -0.456 e. The Morgan fingerprint density at radius 1 is 0.431 bits per heavy atom. The van der Waals surface area contributed by atoms with Crippen molar-refractivity contribution in [2.24, 2.45) is 0 Å². The Kier molecular flexibility index (Phi) is 7.25. The van der Waals surface area contributed by atoms with Gasteiger partial charge in [0.05, 0.1) is 0 Å². The number of thioether (sulfide) groups is 1. The van der Waals surface area contributed by atoms with Gasteiger partial charge in [0, 0.05) is 43.9 Å². The summed E-state index contributed by atoms with van der Waals surface area (Å²) in [5.74, 6) is 0.451. The highest BCUT2D eigenvalue weighted by Crippen LogP contribution is 2.49. The molecule has 3 heteroatoms. The molecule has 1 aliphatic heterocycles. The van der Waals surface area contributed by atoms with E-state index in [0.717, 1.165) is 39.0 Å². The molecule has 0 bridgehead atoms. The lowest BCUT2D eigenvalue weighted by molar-refractivity contribution is 0.669. The summed E-state index contributed by atoms with van der Waals surface area (Å²) >= 11 is 1.98. The van der Waals surface area contributed by atoms with Gasteiger partial charge in [-0.2, -0.15) is 0 Å². The molecule has 0 fully saturated rings. The van der Waals surface area contributed by atoms with Gasteiger partial charge in [0.25, 0.3) is 0 Å². The Hall–Kier alpha value is -6.03. The van der Waals surface area contributed by atoms with Crippen LogP contribution in [0.15, 0.2) is 197 Å². The Balaban J connectivity index is 1.00. The molecule has 1 aromatic heterocycles. The molecule has 2 aliphatic rings. The van der Waals surface area contributed by atoms with Gasteiger partial charge < -0.3 is 9.32 Å². The van der Waals surface area contributed by atoms with Crippen LogP contribution in [0.3, 0.4) is 0 Å². The number of fused-ring (bicyclic) bond motifs is 6. The smallest absolute Gasteiger partial charge is 0.135 e. The molecule has 0 N–H and O–H groups in total. The predicted molar refractivity (Wildman–Crippen MR) is 215 cm³/mol. The Morgan fingerprint density at radius 3 is 1.67 bits per heavy atom. The number of hydrogen-bond acceptors (Lipinski definition) is 3. The average molecular weight is 672 g/mol. The van der Waals surface area contributed by atoms with Gasteiger partial charge in [-0.15, -0.1) is 11.8 Å². The first-order valence-electron chi connectivity index (χ1n) is 17.5. The van der Waals surface area contributed by atoms with Crippen LogP contribution in [0.4, 0.5) is 17.1 Å². The summed E-state index contributed by atoms with van der Waals surface area (Å²) < 4.78 is 6.09. The van der Waals surface area contributed by atoms with Crippen molar-refractivity contribution in [3.8, 4) is 33.4 Å². The average Bonchev–Trinajstić information content (AvgIpc) is 3.77. The summed E-state index contributed by atoms with van der Waals surface area (Å²) in [7, 11) is 0. The normalized spacial score (nSPS) is 16.0. The van der Waals surface area contributed by atoms with E-state index in [4.69, 9.17) is 4.42 Å². The second-order valence-corrected chi connectivity index (χ2v) is 14.5. The van der Waals surface area contributed by atoms with Gasteiger partial charge in [0.1, 0.15) is 11.2 Å². The third-order valence-corrected chi connectivity index (χ3v) is 11.6. The van der Waals surface area contributed by atoms with E-state index >= 15 is 0 Å². The lowest BCUT2D eigenvalue weighted by Gasteiger charge is -2.26. The maximum absolute atomic E-state index is 6.09. The fourth-order valence-electron chi connectivity index (χ4n) is 7.61. The molecule has 8 aromatic rings. The van der Waals surface area contributed by atoms with E-state index in [2.05, 4.69) is 181 Å². The van der Waals surface area contributed by atoms with E-state index in [1.54, 1.807) is 0 Å². The number of hydrogen-bond donors (Lipinski definition) is 0. The van der Waals surface area contributed by atoms with Crippen LogP contribution in [0.1, 0.15) is 11.5 Å². The molecule has 10 rings (SSSR count). The summed E-state index contributed by atoms with van der Waals surface area (Å²) in [5.41, 5.74) is 13.8. The first-order chi connectivity index (χ1) is 25.2. The molecule has 2 heterocycles. The van der Waals surface area contributed by atoms with Crippen molar-refractivity contribution >= 4 is 50.8 Å². The van der Waals surface area contributed by atoms with Crippen molar-refractivity contribution in [2.75, 3.05) is 4.90 Å². The fourth-order valence-corrected chi connectivity index (χ4v) is 8.94. The van der Waals surface area contributed by atoms with Crippen LogP contribution in [-0.2, 0) is 0 Å². The van der Waals surface area contributed by atoms with Gasteiger partial charge in [-0.25, -0.2) is 0 Å². The van der Waals surface area contributed by atoms with Crippen molar-refractivity contribution < 1.29 is 4.42 Å². The Bertz CT molecular complexity index is 2600. The highest BCUT2D eigenvalue weighted by molar-refractivity contribution is 8.00. The Morgan fingerprint density at radius 2 is 0.961 bits per heavy atom. The van der Waals surface area contributed by atoms with Gasteiger partial charge in [0.15, 0.2) is 0 Å². The molecular weight excluding hydrogens is 639 g/mol. The number of furan rings is 1. The quantitative estimate of drug-likeness (QED) is 0.175. The SMILES string of the molecule is C1=CC2Sc3ccc(-c4ccc(N(c5ccc(-c6ccccc6)cc5)c5ccc(-c6ccc7oc8ccccc8c7c6)cc5)cc4)cc3C2C=C1. The molecule has 0 amide bonds. The molecule has 0 saturated carbocycles. The fraction of sp³-hybridized carbons (Fsp3) is 0.0417. The molecule has 51 heavy (non-hydrogen) atoms. The number of allylic oxidation sites excluding steroid dienone is 3. The summed E-state index contributed by atoms with van der Waals surface area (Å²) in [5, 5.41) is 2.79. The zero-order valence-corrected chi connectivity index (χ0v) is 28.6. The van der Waals surface area contributed by atoms with Crippen LogP contribution < -0.4 is 4.90 Å². The van der Waals surface area contributed by atoms with Crippen molar-refractivity contribution in [3.63, 3.8) is 0 Å². The van der Waals surface area contributed by atoms with Crippen LogP contribution in [0.25, 0.3) is 55.3 Å². The first-order valence-corrected chi connectivity index (χ1v) is 18.4. The third-order valence-electron chi connectivity index (χ3n) is 10.2. The molecule has 0 spiro atoms. The number of benzene rings is 7. The van der Waals surface area contributed by atoms with E-state index in [1.807, 2.05) is 23.9 Å². The maximum Gasteiger partial charge on any atom is 0.135 e. The second-order valence-electron chi connectivity index (χ2n) is 13.3. The molecular formula is C48H33NOS. The minimum absolute atomic E-state index is 0.451. The van der Waals surface area contributed by atoms with Crippen molar-refractivity contribution in [3.05, 3.63) is 194 Å². The lowest BCUT2D eigenvalue weighted by atomic mass is 9.90. The Labute approximate surface area is 302 Å². The van der Waals surface area contributed by atoms with Gasteiger partial charge in [-0.3, -0.25) is 0 Å². The van der Waals surface area contributed by atoms with Gasteiger partial charge in [-0.05, 0) is 106 Å². The standard InChI is InChI=1S/C48H33NOS/c1-2-8-32(9-3-1)33-14-22-38(23-15-33)49(39-24-16-34(17-25-39)36-20-28-46-43(30-36)41-10-4-6-12-45(41)50-46)40-26-18-35(19-27-40)37-21-29-48-44(31-37)42-11-5-7-13-47(42)51-48/h1-31,42,47H. The van der Waals surface area contributed by atoms with Crippen LogP contribution in [-0.4, -0.2) is 5.25 Å². The van der Waals surface area contributed by atoms with Crippen LogP contribution in [0.2, 0.25) is 0 Å². The second kappa shape index (κ2) is 12.4. The first kappa shape index (κ1) is 29.8. The van der Waals surface area contributed by atoms with Gasteiger partial charge in [-0.1, -0.05) is 121 Å². The molecule has 0 radical (unpaired) electrons. The topological polar surface area (TPSA) is 16.4 Å². The summed E-state index contributed by atoms with van der Waals surface area (Å²) in [4.78, 5) is 3.74. The highest BCUT2D eigenvalue weighted by atomic mass is 32.2. The molecule has 2 nitrogen and oxygen atoms in total.